The molecule has 0 amide bonds. The Morgan fingerprint density at radius 1 is 1.33 bits per heavy atom. The number of fused-ring (bicyclic) bond motifs is 1. The van der Waals surface area contributed by atoms with Gasteiger partial charge in [0.25, 0.3) is 5.56 Å². The summed E-state index contributed by atoms with van der Waals surface area (Å²) in [5.41, 5.74) is 0.673. The van der Waals surface area contributed by atoms with Crippen molar-refractivity contribution in [3.8, 4) is 0 Å². The molecular formula is C12H12IN3O2. The highest BCUT2D eigenvalue weighted by Crippen LogP contribution is 2.15. The molecule has 5 nitrogen and oxygen atoms in total. The molecule has 1 aliphatic heterocycles. The van der Waals surface area contributed by atoms with E-state index in [1.807, 2.05) is 12.1 Å². The van der Waals surface area contributed by atoms with Crippen molar-refractivity contribution in [1.29, 1.82) is 0 Å². The third kappa shape index (κ3) is 2.10. The van der Waals surface area contributed by atoms with Gasteiger partial charge in [0.2, 0.25) is 0 Å². The Morgan fingerprint density at radius 2 is 2.11 bits per heavy atom. The monoisotopic (exact) mass is 357 g/mol. The lowest BCUT2D eigenvalue weighted by molar-refractivity contribution is 0.122. The van der Waals surface area contributed by atoms with Crippen LogP contribution in [-0.2, 0) is 4.74 Å². The molecular weight excluding hydrogens is 345 g/mol. The summed E-state index contributed by atoms with van der Waals surface area (Å²) >= 11 is 2.20. The maximum absolute atomic E-state index is 12.1. The molecule has 2 aromatic heterocycles. The summed E-state index contributed by atoms with van der Waals surface area (Å²) in [6.45, 7) is 2.94. The molecule has 18 heavy (non-hydrogen) atoms. The standard InChI is InChI=1S/C12H12IN3O2/c13-9-2-1-3-16-11(17)8-10(14-12(9)16)15-4-6-18-7-5-15/h1-3,8H,4-7H2. The second-order valence-electron chi connectivity index (χ2n) is 4.10. The van der Waals surface area contributed by atoms with Gasteiger partial charge in [-0.25, -0.2) is 4.98 Å². The number of rotatable bonds is 1. The molecule has 0 unspecified atom stereocenters. The normalized spacial score (nSPS) is 16.2. The van der Waals surface area contributed by atoms with Gasteiger partial charge in [-0.3, -0.25) is 9.20 Å². The average molecular weight is 357 g/mol. The van der Waals surface area contributed by atoms with Crippen molar-refractivity contribution in [2.75, 3.05) is 31.2 Å². The summed E-state index contributed by atoms with van der Waals surface area (Å²) in [7, 11) is 0. The van der Waals surface area contributed by atoms with E-state index in [1.54, 1.807) is 16.7 Å². The first-order valence-corrected chi connectivity index (χ1v) is 6.84. The van der Waals surface area contributed by atoms with Crippen molar-refractivity contribution in [3.63, 3.8) is 0 Å². The summed E-state index contributed by atoms with van der Waals surface area (Å²) in [5, 5.41) is 0. The molecule has 3 rings (SSSR count). The van der Waals surface area contributed by atoms with E-state index in [2.05, 4.69) is 32.5 Å². The number of aromatic nitrogens is 2. The number of hydrogen-bond acceptors (Lipinski definition) is 4. The Hall–Kier alpha value is -1.15. The molecule has 3 heterocycles. The third-order valence-electron chi connectivity index (χ3n) is 2.97. The van der Waals surface area contributed by atoms with Crippen molar-refractivity contribution < 1.29 is 4.74 Å². The van der Waals surface area contributed by atoms with Crippen LogP contribution in [0.15, 0.2) is 29.2 Å². The molecule has 0 aliphatic carbocycles. The number of halogens is 1. The topological polar surface area (TPSA) is 46.8 Å². The molecule has 0 aromatic carbocycles. The summed E-state index contributed by atoms with van der Waals surface area (Å²) < 4.78 is 7.86. The minimum atomic E-state index is -0.0417. The minimum Gasteiger partial charge on any atom is -0.378 e. The van der Waals surface area contributed by atoms with Gasteiger partial charge in [0, 0.05) is 25.4 Å². The van der Waals surface area contributed by atoms with E-state index in [0.717, 1.165) is 22.5 Å². The smallest absolute Gasteiger partial charge is 0.259 e. The van der Waals surface area contributed by atoms with Gasteiger partial charge in [-0.1, -0.05) is 0 Å². The maximum Gasteiger partial charge on any atom is 0.259 e. The average Bonchev–Trinajstić information content (AvgIpc) is 2.41. The number of hydrogen-bond donors (Lipinski definition) is 0. The van der Waals surface area contributed by atoms with Crippen molar-refractivity contribution >= 4 is 34.1 Å². The highest BCUT2D eigenvalue weighted by molar-refractivity contribution is 14.1. The Kier molecular flexibility index (Phi) is 3.21. The summed E-state index contributed by atoms with van der Waals surface area (Å²) in [5.74, 6) is 0.743. The molecule has 1 saturated heterocycles. The van der Waals surface area contributed by atoms with Crippen molar-refractivity contribution in [2.45, 2.75) is 0 Å². The van der Waals surface area contributed by atoms with Crippen molar-refractivity contribution in [3.05, 3.63) is 38.3 Å². The quantitative estimate of drug-likeness (QED) is 0.719. The SMILES string of the molecule is O=c1cc(N2CCOCC2)nc2c(I)cccn12. The zero-order valence-electron chi connectivity index (χ0n) is 9.67. The van der Waals surface area contributed by atoms with Crippen LogP contribution in [0.25, 0.3) is 5.65 Å². The fourth-order valence-electron chi connectivity index (χ4n) is 2.03. The molecule has 0 atom stereocenters. The van der Waals surface area contributed by atoms with Crippen molar-refractivity contribution in [2.24, 2.45) is 0 Å². The molecule has 0 bridgehead atoms. The molecule has 6 heteroatoms. The molecule has 1 fully saturated rings. The fourth-order valence-corrected chi connectivity index (χ4v) is 2.62. The molecule has 0 N–H and O–H groups in total. The van der Waals surface area contributed by atoms with Gasteiger partial charge >= 0.3 is 0 Å². The van der Waals surface area contributed by atoms with Crippen LogP contribution in [0.4, 0.5) is 5.82 Å². The predicted molar refractivity (Wildman–Crippen MR) is 77.2 cm³/mol. The molecule has 94 valence electrons. The Labute approximate surface area is 118 Å². The third-order valence-corrected chi connectivity index (χ3v) is 3.81. The van der Waals surface area contributed by atoms with E-state index in [-0.39, 0.29) is 5.56 Å². The van der Waals surface area contributed by atoms with Gasteiger partial charge in [-0.05, 0) is 34.7 Å². The second-order valence-corrected chi connectivity index (χ2v) is 5.26. The zero-order valence-corrected chi connectivity index (χ0v) is 11.8. The van der Waals surface area contributed by atoms with Crippen molar-refractivity contribution in [1.82, 2.24) is 9.38 Å². The van der Waals surface area contributed by atoms with Crippen LogP contribution < -0.4 is 10.5 Å². The van der Waals surface area contributed by atoms with Gasteiger partial charge in [0.05, 0.1) is 16.8 Å². The lowest BCUT2D eigenvalue weighted by Gasteiger charge is -2.27. The first-order valence-electron chi connectivity index (χ1n) is 5.76. The van der Waals surface area contributed by atoms with Gasteiger partial charge in [-0.15, -0.1) is 0 Å². The van der Waals surface area contributed by atoms with Gasteiger partial charge in [0.15, 0.2) is 5.65 Å². The van der Waals surface area contributed by atoms with E-state index in [0.29, 0.717) is 18.9 Å². The van der Waals surface area contributed by atoms with Crippen LogP contribution in [0.5, 0.6) is 0 Å². The van der Waals surface area contributed by atoms with E-state index in [9.17, 15) is 4.79 Å². The first-order chi connectivity index (χ1) is 8.75. The highest BCUT2D eigenvalue weighted by Gasteiger charge is 2.14. The van der Waals surface area contributed by atoms with E-state index in [1.165, 1.54) is 0 Å². The lowest BCUT2D eigenvalue weighted by Crippen LogP contribution is -2.37. The van der Waals surface area contributed by atoms with Crippen LogP contribution in [0.1, 0.15) is 0 Å². The molecule has 0 saturated carbocycles. The Bertz CT molecular complexity index is 635. The van der Waals surface area contributed by atoms with E-state index in [4.69, 9.17) is 4.74 Å². The molecule has 0 radical (unpaired) electrons. The number of nitrogens with zero attached hydrogens (tertiary/aromatic N) is 3. The number of morpholine rings is 1. The minimum absolute atomic E-state index is 0.0417. The maximum atomic E-state index is 12.1. The van der Waals surface area contributed by atoms with Crippen LogP contribution >= 0.6 is 22.6 Å². The largest absolute Gasteiger partial charge is 0.378 e. The van der Waals surface area contributed by atoms with Gasteiger partial charge in [-0.2, -0.15) is 0 Å². The van der Waals surface area contributed by atoms with Crippen LogP contribution in [0.3, 0.4) is 0 Å². The van der Waals surface area contributed by atoms with E-state index < -0.39 is 0 Å². The predicted octanol–water partition coefficient (Wildman–Crippen LogP) is 1.14. The first kappa shape index (κ1) is 11.9. The van der Waals surface area contributed by atoms with Gasteiger partial charge < -0.3 is 9.64 Å². The Morgan fingerprint density at radius 3 is 2.89 bits per heavy atom. The number of pyridine rings is 1. The number of anilines is 1. The fraction of sp³-hybridized carbons (Fsp3) is 0.333. The lowest BCUT2D eigenvalue weighted by atomic mass is 10.4. The zero-order chi connectivity index (χ0) is 12.5. The van der Waals surface area contributed by atoms with E-state index >= 15 is 0 Å². The summed E-state index contributed by atoms with van der Waals surface area (Å²) in [6, 6.07) is 5.39. The Balaban J connectivity index is 2.14. The number of ether oxygens (including phenoxy) is 1. The van der Waals surface area contributed by atoms with Crippen LogP contribution in [-0.4, -0.2) is 35.7 Å². The highest BCUT2D eigenvalue weighted by atomic mass is 127. The van der Waals surface area contributed by atoms with Crippen LogP contribution in [0.2, 0.25) is 0 Å². The summed E-state index contributed by atoms with van der Waals surface area (Å²) in [6.07, 6.45) is 1.75. The molecule has 1 aliphatic rings. The second kappa shape index (κ2) is 4.85. The molecule has 0 spiro atoms. The summed E-state index contributed by atoms with van der Waals surface area (Å²) in [4.78, 5) is 18.7. The van der Waals surface area contributed by atoms with Gasteiger partial charge in [0.1, 0.15) is 5.82 Å². The van der Waals surface area contributed by atoms with Crippen LogP contribution in [0, 0.1) is 3.57 Å². The molecule has 2 aromatic rings.